The number of nitrogens with zero attached hydrogens (tertiary/aromatic N) is 1. The third-order valence-electron chi connectivity index (χ3n) is 4.41. The van der Waals surface area contributed by atoms with Crippen LogP contribution >= 0.6 is 0 Å². The van der Waals surface area contributed by atoms with Gasteiger partial charge in [-0.15, -0.1) is 0 Å². The smallest absolute Gasteiger partial charge is 0.142 e. The van der Waals surface area contributed by atoms with Crippen molar-refractivity contribution in [1.29, 1.82) is 0 Å². The minimum Gasteiger partial charge on any atom is -0.391 e. The summed E-state index contributed by atoms with van der Waals surface area (Å²) in [5, 5.41) is 3.96. The van der Waals surface area contributed by atoms with Crippen molar-refractivity contribution in [2.45, 2.75) is 44.6 Å². The van der Waals surface area contributed by atoms with Crippen LogP contribution in [0.1, 0.15) is 54.7 Å². The predicted molar refractivity (Wildman–Crippen MR) is 91.1 cm³/mol. The molecule has 0 aliphatic heterocycles. The van der Waals surface area contributed by atoms with Crippen LogP contribution in [0.5, 0.6) is 0 Å². The molecule has 2 aromatic carbocycles. The van der Waals surface area contributed by atoms with E-state index in [1.54, 1.807) is 12.3 Å². The molecule has 1 fully saturated rings. The van der Waals surface area contributed by atoms with Crippen molar-refractivity contribution in [2.24, 2.45) is 5.16 Å². The normalized spacial score (nSPS) is 15.9. The lowest BCUT2D eigenvalue weighted by atomic mass is 9.84. The molecule has 2 aromatic rings. The van der Waals surface area contributed by atoms with Gasteiger partial charge in [0.2, 0.25) is 0 Å². The molecule has 3 heteroatoms. The number of halogens is 1. The van der Waals surface area contributed by atoms with Gasteiger partial charge in [0.05, 0.1) is 6.21 Å². The topological polar surface area (TPSA) is 21.6 Å². The van der Waals surface area contributed by atoms with Crippen molar-refractivity contribution in [3.63, 3.8) is 0 Å². The molecule has 0 unspecified atom stereocenters. The van der Waals surface area contributed by atoms with E-state index in [0.29, 0.717) is 0 Å². The number of benzene rings is 2. The second-order valence-electron chi connectivity index (χ2n) is 6.14. The largest absolute Gasteiger partial charge is 0.391 e. The summed E-state index contributed by atoms with van der Waals surface area (Å²) >= 11 is 0. The highest BCUT2D eigenvalue weighted by atomic mass is 19.1. The van der Waals surface area contributed by atoms with Gasteiger partial charge in [-0.2, -0.15) is 0 Å². The Morgan fingerprint density at radius 1 is 1.04 bits per heavy atom. The molecule has 1 saturated carbocycles. The quantitative estimate of drug-likeness (QED) is 0.533. The molecule has 0 amide bonds. The minimum absolute atomic E-state index is 0.256. The standard InChI is InChI=1S/C20H22FNO/c21-20-8-4-5-17(13-20)15-23-22-14-16-9-11-19(12-10-16)18-6-2-1-3-7-18/h4-5,8-14,18H,1-3,6-7,15H2. The Labute approximate surface area is 137 Å². The molecule has 0 atom stereocenters. The van der Waals surface area contributed by atoms with Crippen molar-refractivity contribution in [1.82, 2.24) is 0 Å². The molecule has 0 saturated heterocycles. The molecule has 1 aliphatic rings. The number of hydrogen-bond acceptors (Lipinski definition) is 2. The first-order valence-corrected chi connectivity index (χ1v) is 8.31. The van der Waals surface area contributed by atoms with E-state index in [4.69, 9.17) is 4.84 Å². The zero-order valence-corrected chi connectivity index (χ0v) is 13.2. The molecule has 0 bridgehead atoms. The lowest BCUT2D eigenvalue weighted by Gasteiger charge is -2.21. The Hall–Kier alpha value is -2.16. The Morgan fingerprint density at radius 2 is 1.83 bits per heavy atom. The number of hydrogen-bond donors (Lipinski definition) is 0. The van der Waals surface area contributed by atoms with Crippen LogP contribution in [0.3, 0.4) is 0 Å². The monoisotopic (exact) mass is 311 g/mol. The molecular formula is C20H22FNO. The van der Waals surface area contributed by atoms with Crippen LogP contribution in [0, 0.1) is 5.82 Å². The van der Waals surface area contributed by atoms with Gasteiger partial charge < -0.3 is 4.84 Å². The van der Waals surface area contributed by atoms with E-state index >= 15 is 0 Å². The molecule has 2 nitrogen and oxygen atoms in total. The van der Waals surface area contributed by atoms with Crippen LogP contribution in [0.25, 0.3) is 0 Å². The maximum atomic E-state index is 13.0. The Kier molecular flexibility index (Phi) is 5.41. The van der Waals surface area contributed by atoms with Gasteiger partial charge in [0, 0.05) is 0 Å². The fraction of sp³-hybridized carbons (Fsp3) is 0.350. The van der Waals surface area contributed by atoms with Crippen molar-refractivity contribution >= 4 is 6.21 Å². The zero-order valence-electron chi connectivity index (χ0n) is 13.2. The van der Waals surface area contributed by atoms with Gasteiger partial charge in [-0.25, -0.2) is 4.39 Å². The lowest BCUT2D eigenvalue weighted by Crippen LogP contribution is -2.04. The Morgan fingerprint density at radius 3 is 2.57 bits per heavy atom. The van der Waals surface area contributed by atoms with Gasteiger partial charge in [0.15, 0.2) is 0 Å². The van der Waals surface area contributed by atoms with Gasteiger partial charge in [-0.3, -0.25) is 0 Å². The number of rotatable bonds is 5. The van der Waals surface area contributed by atoms with Gasteiger partial charge in [-0.05, 0) is 47.6 Å². The highest BCUT2D eigenvalue weighted by Gasteiger charge is 2.14. The lowest BCUT2D eigenvalue weighted by molar-refractivity contribution is 0.132. The summed E-state index contributed by atoms with van der Waals surface area (Å²) in [6.45, 7) is 0.272. The molecule has 23 heavy (non-hydrogen) atoms. The molecule has 0 spiro atoms. The fourth-order valence-corrected chi connectivity index (χ4v) is 3.13. The van der Waals surface area contributed by atoms with Crippen LogP contribution in [-0.4, -0.2) is 6.21 Å². The predicted octanol–water partition coefficient (Wildman–Crippen LogP) is 5.42. The van der Waals surface area contributed by atoms with Crippen LogP contribution in [0.2, 0.25) is 0 Å². The van der Waals surface area contributed by atoms with E-state index < -0.39 is 0 Å². The van der Waals surface area contributed by atoms with Gasteiger partial charge in [0.25, 0.3) is 0 Å². The summed E-state index contributed by atoms with van der Waals surface area (Å²) in [6, 6.07) is 14.9. The summed E-state index contributed by atoms with van der Waals surface area (Å²) in [7, 11) is 0. The van der Waals surface area contributed by atoms with Crippen molar-refractivity contribution in [3.8, 4) is 0 Å². The highest BCUT2D eigenvalue weighted by Crippen LogP contribution is 2.32. The Balaban J connectivity index is 1.51. The highest BCUT2D eigenvalue weighted by molar-refractivity contribution is 5.79. The first-order valence-electron chi connectivity index (χ1n) is 8.31. The van der Waals surface area contributed by atoms with E-state index in [9.17, 15) is 4.39 Å². The van der Waals surface area contributed by atoms with Gasteiger partial charge in [-0.1, -0.05) is 60.8 Å². The summed E-state index contributed by atoms with van der Waals surface area (Å²) < 4.78 is 13.0. The van der Waals surface area contributed by atoms with Gasteiger partial charge >= 0.3 is 0 Å². The first-order chi connectivity index (χ1) is 11.3. The molecule has 1 aliphatic carbocycles. The molecule has 0 N–H and O–H groups in total. The second-order valence-corrected chi connectivity index (χ2v) is 6.14. The van der Waals surface area contributed by atoms with Crippen molar-refractivity contribution in [3.05, 3.63) is 71.0 Å². The van der Waals surface area contributed by atoms with E-state index in [-0.39, 0.29) is 12.4 Å². The third-order valence-corrected chi connectivity index (χ3v) is 4.41. The van der Waals surface area contributed by atoms with Gasteiger partial charge in [0.1, 0.15) is 12.4 Å². The average molecular weight is 311 g/mol. The average Bonchev–Trinajstić information content (AvgIpc) is 2.60. The van der Waals surface area contributed by atoms with Crippen LogP contribution in [0.15, 0.2) is 53.7 Å². The van der Waals surface area contributed by atoms with Crippen molar-refractivity contribution in [2.75, 3.05) is 0 Å². The second kappa shape index (κ2) is 7.91. The molecule has 120 valence electrons. The van der Waals surface area contributed by atoms with Crippen LogP contribution < -0.4 is 0 Å². The summed E-state index contributed by atoms with van der Waals surface area (Å²) in [6.07, 6.45) is 8.39. The molecular weight excluding hydrogens is 289 g/mol. The van der Waals surface area contributed by atoms with E-state index in [1.807, 2.05) is 6.07 Å². The van der Waals surface area contributed by atoms with Crippen molar-refractivity contribution < 1.29 is 9.23 Å². The Bertz CT molecular complexity index is 645. The van der Waals surface area contributed by atoms with Crippen LogP contribution in [-0.2, 0) is 11.4 Å². The molecule has 0 radical (unpaired) electrons. The maximum absolute atomic E-state index is 13.0. The molecule has 3 rings (SSSR count). The zero-order chi connectivity index (χ0) is 15.9. The van der Waals surface area contributed by atoms with Crippen LogP contribution in [0.4, 0.5) is 4.39 Å². The first kappa shape index (κ1) is 15.7. The summed E-state index contributed by atoms with van der Waals surface area (Å²) in [5.41, 5.74) is 3.22. The van der Waals surface area contributed by atoms with E-state index in [0.717, 1.165) is 17.0 Å². The number of oxime groups is 1. The van der Waals surface area contributed by atoms with E-state index in [1.165, 1.54) is 49.8 Å². The molecule has 0 heterocycles. The fourth-order valence-electron chi connectivity index (χ4n) is 3.13. The summed E-state index contributed by atoms with van der Waals surface area (Å²) in [4.78, 5) is 5.23. The third kappa shape index (κ3) is 4.65. The minimum atomic E-state index is -0.256. The summed E-state index contributed by atoms with van der Waals surface area (Å²) in [5.74, 6) is 0.465. The molecule has 0 aromatic heterocycles. The SMILES string of the molecule is Fc1cccc(CON=Cc2ccc(C3CCCCC3)cc2)c1. The van der Waals surface area contributed by atoms with E-state index in [2.05, 4.69) is 29.4 Å². The maximum Gasteiger partial charge on any atom is 0.142 e.